The van der Waals surface area contributed by atoms with E-state index in [1.165, 1.54) is 25.0 Å². The van der Waals surface area contributed by atoms with Gasteiger partial charge in [-0.15, -0.1) is 12.4 Å². The Morgan fingerprint density at radius 2 is 2.12 bits per heavy atom. The molecule has 2 rings (SSSR count). The number of benzene rings is 1. The van der Waals surface area contributed by atoms with Gasteiger partial charge in [-0.1, -0.05) is 6.92 Å². The summed E-state index contributed by atoms with van der Waals surface area (Å²) in [6.07, 6.45) is 3.80. The SMILES string of the molecule is CC(CC(=O)N(C)CCCOc1ccc(F)cc1)C1CCCNC1.Cl. The second-order valence-corrected chi connectivity index (χ2v) is 6.76. The zero-order valence-corrected chi connectivity index (χ0v) is 16.0. The summed E-state index contributed by atoms with van der Waals surface area (Å²) in [5, 5.41) is 3.41. The first-order chi connectivity index (χ1) is 11.6. The van der Waals surface area contributed by atoms with E-state index in [0.717, 1.165) is 19.5 Å². The number of nitrogens with zero attached hydrogens (tertiary/aromatic N) is 1. The van der Waals surface area contributed by atoms with E-state index in [4.69, 9.17) is 4.74 Å². The van der Waals surface area contributed by atoms with Crippen LogP contribution in [0.3, 0.4) is 0 Å². The Kier molecular flexibility index (Phi) is 9.83. The van der Waals surface area contributed by atoms with E-state index in [9.17, 15) is 9.18 Å². The molecule has 1 aliphatic rings. The first-order valence-corrected chi connectivity index (χ1v) is 8.89. The molecule has 0 bridgehead atoms. The van der Waals surface area contributed by atoms with Crippen molar-refractivity contribution >= 4 is 18.3 Å². The van der Waals surface area contributed by atoms with Gasteiger partial charge in [0.15, 0.2) is 0 Å². The van der Waals surface area contributed by atoms with Crippen LogP contribution in [0.4, 0.5) is 4.39 Å². The Morgan fingerprint density at radius 1 is 1.40 bits per heavy atom. The van der Waals surface area contributed by atoms with Crippen LogP contribution in [0.5, 0.6) is 5.75 Å². The van der Waals surface area contributed by atoms with Crippen molar-refractivity contribution in [2.45, 2.75) is 32.6 Å². The third-order valence-corrected chi connectivity index (χ3v) is 4.78. The number of halogens is 2. The molecule has 0 spiro atoms. The summed E-state index contributed by atoms with van der Waals surface area (Å²) in [4.78, 5) is 14.1. The van der Waals surface area contributed by atoms with Crippen molar-refractivity contribution in [1.29, 1.82) is 0 Å². The van der Waals surface area contributed by atoms with Crippen LogP contribution in [0.15, 0.2) is 24.3 Å². The fourth-order valence-electron chi connectivity index (χ4n) is 3.11. The lowest BCUT2D eigenvalue weighted by molar-refractivity contribution is -0.131. The van der Waals surface area contributed by atoms with Crippen LogP contribution in [-0.4, -0.2) is 44.1 Å². The van der Waals surface area contributed by atoms with Gasteiger partial charge in [-0.25, -0.2) is 4.39 Å². The van der Waals surface area contributed by atoms with Gasteiger partial charge in [-0.2, -0.15) is 0 Å². The van der Waals surface area contributed by atoms with Crippen LogP contribution in [-0.2, 0) is 4.79 Å². The number of carbonyl (C=O) groups is 1. The van der Waals surface area contributed by atoms with Crippen LogP contribution in [0.2, 0.25) is 0 Å². The normalized spacial score (nSPS) is 18.1. The second-order valence-electron chi connectivity index (χ2n) is 6.76. The number of piperidine rings is 1. The van der Waals surface area contributed by atoms with Crippen molar-refractivity contribution < 1.29 is 13.9 Å². The van der Waals surface area contributed by atoms with Gasteiger partial charge < -0.3 is 15.0 Å². The fraction of sp³-hybridized carbons (Fsp3) is 0.632. The Balaban J connectivity index is 0.00000312. The molecule has 25 heavy (non-hydrogen) atoms. The fourth-order valence-corrected chi connectivity index (χ4v) is 3.11. The number of hydrogen-bond donors (Lipinski definition) is 1. The van der Waals surface area contributed by atoms with E-state index in [2.05, 4.69) is 12.2 Å². The standard InChI is InChI=1S/C19H29FN2O2.ClH/c1-15(16-5-3-10-21-14-16)13-19(23)22(2)11-4-12-24-18-8-6-17(20)7-9-18;/h6-9,15-16,21H,3-5,10-14H2,1-2H3;1H. The number of hydrogen-bond acceptors (Lipinski definition) is 3. The lowest BCUT2D eigenvalue weighted by Gasteiger charge is -2.29. The van der Waals surface area contributed by atoms with E-state index in [-0.39, 0.29) is 24.1 Å². The molecule has 1 aromatic carbocycles. The third kappa shape index (κ3) is 7.61. The molecular formula is C19H30ClFN2O2. The summed E-state index contributed by atoms with van der Waals surface area (Å²) in [6, 6.07) is 5.99. The molecule has 2 unspecified atom stereocenters. The number of ether oxygens (including phenoxy) is 1. The number of amides is 1. The molecule has 1 heterocycles. The van der Waals surface area contributed by atoms with Crippen LogP contribution in [0.1, 0.15) is 32.6 Å². The first kappa shape index (κ1) is 21.7. The minimum Gasteiger partial charge on any atom is -0.494 e. The minimum absolute atomic E-state index is 0. The Hall–Kier alpha value is -1.33. The van der Waals surface area contributed by atoms with Gasteiger partial charge >= 0.3 is 0 Å². The second kappa shape index (κ2) is 11.3. The Labute approximate surface area is 156 Å². The molecule has 0 saturated carbocycles. The van der Waals surface area contributed by atoms with Gasteiger partial charge in [0, 0.05) is 20.0 Å². The summed E-state index contributed by atoms with van der Waals surface area (Å²) >= 11 is 0. The molecule has 6 heteroatoms. The van der Waals surface area contributed by atoms with Crippen molar-refractivity contribution in [2.75, 3.05) is 33.3 Å². The summed E-state index contributed by atoms with van der Waals surface area (Å²) < 4.78 is 18.4. The van der Waals surface area contributed by atoms with E-state index in [0.29, 0.717) is 37.2 Å². The number of carbonyl (C=O) groups excluding carboxylic acids is 1. The maximum atomic E-state index is 12.8. The quantitative estimate of drug-likeness (QED) is 0.710. The van der Waals surface area contributed by atoms with Crippen LogP contribution < -0.4 is 10.1 Å². The van der Waals surface area contributed by atoms with Crippen molar-refractivity contribution in [1.82, 2.24) is 10.2 Å². The van der Waals surface area contributed by atoms with Crippen LogP contribution in [0.25, 0.3) is 0 Å². The van der Waals surface area contributed by atoms with Gasteiger partial charge in [-0.05, 0) is 68.5 Å². The molecule has 142 valence electrons. The van der Waals surface area contributed by atoms with Gasteiger partial charge in [0.2, 0.25) is 5.91 Å². The predicted octanol–water partition coefficient (Wildman–Crippen LogP) is 3.50. The molecule has 1 aromatic rings. The molecule has 0 aliphatic carbocycles. The van der Waals surface area contributed by atoms with Crippen molar-refractivity contribution in [3.8, 4) is 5.75 Å². The smallest absolute Gasteiger partial charge is 0.222 e. The largest absolute Gasteiger partial charge is 0.494 e. The summed E-state index contributed by atoms with van der Waals surface area (Å²) in [5.41, 5.74) is 0. The Morgan fingerprint density at radius 3 is 2.76 bits per heavy atom. The van der Waals surface area contributed by atoms with Crippen molar-refractivity contribution in [2.24, 2.45) is 11.8 Å². The first-order valence-electron chi connectivity index (χ1n) is 8.89. The zero-order chi connectivity index (χ0) is 17.4. The Bertz CT molecular complexity index is 507. The van der Waals surface area contributed by atoms with Crippen LogP contribution >= 0.6 is 12.4 Å². The molecule has 1 fully saturated rings. The molecule has 1 saturated heterocycles. The minimum atomic E-state index is -0.269. The lowest BCUT2D eigenvalue weighted by Crippen LogP contribution is -2.36. The van der Waals surface area contributed by atoms with E-state index in [1.54, 1.807) is 17.0 Å². The van der Waals surface area contributed by atoms with E-state index >= 15 is 0 Å². The third-order valence-electron chi connectivity index (χ3n) is 4.78. The highest BCUT2D eigenvalue weighted by atomic mass is 35.5. The van der Waals surface area contributed by atoms with E-state index < -0.39 is 0 Å². The topological polar surface area (TPSA) is 41.6 Å². The highest BCUT2D eigenvalue weighted by Gasteiger charge is 2.23. The van der Waals surface area contributed by atoms with Crippen molar-refractivity contribution in [3.63, 3.8) is 0 Å². The molecule has 1 amide bonds. The molecular weight excluding hydrogens is 343 g/mol. The number of rotatable bonds is 8. The number of nitrogens with one attached hydrogen (secondary N) is 1. The molecule has 2 atom stereocenters. The van der Waals surface area contributed by atoms with Crippen LogP contribution in [0, 0.1) is 17.7 Å². The van der Waals surface area contributed by atoms with Gasteiger partial charge in [0.1, 0.15) is 11.6 Å². The lowest BCUT2D eigenvalue weighted by atomic mass is 9.85. The highest BCUT2D eigenvalue weighted by molar-refractivity contribution is 5.85. The summed E-state index contributed by atoms with van der Waals surface area (Å²) in [7, 11) is 1.85. The molecule has 1 N–H and O–H groups in total. The molecule has 1 aliphatic heterocycles. The maximum absolute atomic E-state index is 12.8. The molecule has 4 nitrogen and oxygen atoms in total. The molecule has 0 aromatic heterocycles. The summed E-state index contributed by atoms with van der Waals surface area (Å²) in [5.74, 6) is 1.62. The highest BCUT2D eigenvalue weighted by Crippen LogP contribution is 2.23. The monoisotopic (exact) mass is 372 g/mol. The van der Waals surface area contributed by atoms with Crippen molar-refractivity contribution in [3.05, 3.63) is 30.1 Å². The van der Waals surface area contributed by atoms with Gasteiger partial charge in [0.05, 0.1) is 6.61 Å². The van der Waals surface area contributed by atoms with Gasteiger partial charge in [-0.3, -0.25) is 4.79 Å². The van der Waals surface area contributed by atoms with E-state index in [1.807, 2.05) is 7.05 Å². The average molecular weight is 373 g/mol. The maximum Gasteiger partial charge on any atom is 0.222 e. The average Bonchev–Trinajstić information content (AvgIpc) is 2.60. The summed E-state index contributed by atoms with van der Waals surface area (Å²) in [6.45, 7) is 5.51. The zero-order valence-electron chi connectivity index (χ0n) is 15.2. The van der Waals surface area contributed by atoms with Gasteiger partial charge in [0.25, 0.3) is 0 Å². The molecule has 0 radical (unpaired) electrons. The predicted molar refractivity (Wildman–Crippen MR) is 101 cm³/mol.